The largest absolute Gasteiger partial charge is 0.317 e. The van der Waals surface area contributed by atoms with Crippen LogP contribution in [0.5, 0.6) is 0 Å². The first-order chi connectivity index (χ1) is 9.17. The van der Waals surface area contributed by atoms with Crippen LogP contribution in [0.15, 0.2) is 0 Å². The zero-order valence-corrected chi connectivity index (χ0v) is 13.4. The van der Waals surface area contributed by atoms with Crippen LogP contribution in [0.1, 0.15) is 65.2 Å². The van der Waals surface area contributed by atoms with Gasteiger partial charge in [0, 0.05) is 12.6 Å². The van der Waals surface area contributed by atoms with Crippen molar-refractivity contribution in [3.8, 4) is 0 Å². The molecule has 2 rings (SSSR count). The average molecular weight is 266 g/mol. The van der Waals surface area contributed by atoms with Crippen molar-refractivity contribution in [3.63, 3.8) is 0 Å². The summed E-state index contributed by atoms with van der Waals surface area (Å²) in [6.07, 6.45) is 11.3. The van der Waals surface area contributed by atoms with E-state index in [2.05, 4.69) is 31.1 Å². The van der Waals surface area contributed by atoms with Crippen LogP contribution in [-0.4, -0.2) is 37.6 Å². The molecule has 1 saturated carbocycles. The summed E-state index contributed by atoms with van der Waals surface area (Å²) in [6, 6.07) is 0.845. The average Bonchev–Trinajstić information content (AvgIpc) is 2.40. The maximum Gasteiger partial charge on any atom is 0.0118 e. The third-order valence-electron chi connectivity index (χ3n) is 5.66. The van der Waals surface area contributed by atoms with Crippen molar-refractivity contribution in [2.45, 2.75) is 71.3 Å². The summed E-state index contributed by atoms with van der Waals surface area (Å²) in [5.41, 5.74) is 0.603. The van der Waals surface area contributed by atoms with Gasteiger partial charge in [-0.1, -0.05) is 33.1 Å². The van der Waals surface area contributed by atoms with Gasteiger partial charge in [0.1, 0.15) is 0 Å². The number of nitrogens with one attached hydrogen (secondary N) is 1. The third-order valence-corrected chi connectivity index (χ3v) is 5.66. The summed E-state index contributed by atoms with van der Waals surface area (Å²) in [7, 11) is 2.39. The van der Waals surface area contributed by atoms with Gasteiger partial charge in [-0.15, -0.1) is 0 Å². The Kier molecular flexibility index (Phi) is 5.70. The lowest BCUT2D eigenvalue weighted by atomic mass is 9.74. The summed E-state index contributed by atoms with van der Waals surface area (Å²) in [4.78, 5) is 2.73. The Morgan fingerprint density at radius 1 is 1.16 bits per heavy atom. The molecule has 1 aliphatic carbocycles. The van der Waals surface area contributed by atoms with Crippen molar-refractivity contribution in [2.75, 3.05) is 26.7 Å². The van der Waals surface area contributed by atoms with E-state index in [0.29, 0.717) is 5.41 Å². The highest BCUT2D eigenvalue weighted by atomic mass is 15.1. The molecule has 19 heavy (non-hydrogen) atoms. The number of rotatable bonds is 5. The fourth-order valence-electron chi connectivity index (χ4n) is 4.57. The Labute approximate surface area is 120 Å². The molecular weight excluding hydrogens is 232 g/mol. The van der Waals surface area contributed by atoms with Crippen LogP contribution in [0.4, 0.5) is 0 Å². The van der Waals surface area contributed by atoms with E-state index in [1.807, 2.05) is 0 Å². The maximum atomic E-state index is 3.54. The number of nitrogens with zero attached hydrogens (tertiary/aromatic N) is 1. The highest BCUT2D eigenvalue weighted by Crippen LogP contribution is 2.37. The molecule has 2 aliphatic rings. The predicted octanol–water partition coefficient (Wildman–Crippen LogP) is 3.67. The van der Waals surface area contributed by atoms with Crippen molar-refractivity contribution in [3.05, 3.63) is 0 Å². The monoisotopic (exact) mass is 266 g/mol. The normalized spacial score (nSPS) is 31.6. The summed E-state index contributed by atoms with van der Waals surface area (Å²) in [5, 5.41) is 3.54. The van der Waals surface area contributed by atoms with Gasteiger partial charge < -0.3 is 10.2 Å². The number of hydrogen-bond donors (Lipinski definition) is 1. The van der Waals surface area contributed by atoms with Gasteiger partial charge in [-0.2, -0.15) is 0 Å². The van der Waals surface area contributed by atoms with Crippen LogP contribution in [0.3, 0.4) is 0 Å². The molecule has 1 aliphatic heterocycles. The molecule has 2 atom stereocenters. The van der Waals surface area contributed by atoms with E-state index in [0.717, 1.165) is 12.0 Å². The van der Waals surface area contributed by atoms with Gasteiger partial charge in [-0.05, 0) is 63.6 Å². The summed E-state index contributed by atoms with van der Waals surface area (Å²) >= 11 is 0. The zero-order chi connectivity index (χ0) is 13.7. The predicted molar refractivity (Wildman–Crippen MR) is 83.5 cm³/mol. The molecule has 112 valence electrons. The van der Waals surface area contributed by atoms with Gasteiger partial charge in [0.2, 0.25) is 0 Å². The fourth-order valence-corrected chi connectivity index (χ4v) is 4.57. The van der Waals surface area contributed by atoms with Crippen LogP contribution in [0, 0.1) is 11.3 Å². The van der Waals surface area contributed by atoms with Crippen LogP contribution in [0.25, 0.3) is 0 Å². The van der Waals surface area contributed by atoms with Gasteiger partial charge in [0.25, 0.3) is 0 Å². The minimum atomic E-state index is 0.603. The molecule has 0 aromatic rings. The standard InChI is InChI=1S/C17H34N2/c1-4-9-17(10-12-18-13-11-17)14-19(3)16-8-6-5-7-15(16)2/h15-16,18H,4-14H2,1-3H3. The Hall–Kier alpha value is -0.0800. The summed E-state index contributed by atoms with van der Waals surface area (Å²) < 4.78 is 0. The minimum absolute atomic E-state index is 0.603. The van der Waals surface area contributed by atoms with Gasteiger partial charge in [-0.3, -0.25) is 0 Å². The summed E-state index contributed by atoms with van der Waals surface area (Å²) in [5.74, 6) is 0.902. The molecule has 0 radical (unpaired) electrons. The molecular formula is C17H34N2. The van der Waals surface area contributed by atoms with E-state index in [1.165, 1.54) is 71.0 Å². The Balaban J connectivity index is 1.95. The molecule has 0 aromatic heterocycles. The van der Waals surface area contributed by atoms with Crippen LogP contribution in [0.2, 0.25) is 0 Å². The fraction of sp³-hybridized carbons (Fsp3) is 1.00. The van der Waals surface area contributed by atoms with Crippen molar-refractivity contribution in [2.24, 2.45) is 11.3 Å². The maximum absolute atomic E-state index is 3.54. The van der Waals surface area contributed by atoms with Gasteiger partial charge in [-0.25, -0.2) is 0 Å². The molecule has 0 bridgehead atoms. The van der Waals surface area contributed by atoms with Crippen LogP contribution >= 0.6 is 0 Å². The van der Waals surface area contributed by atoms with Crippen molar-refractivity contribution in [1.82, 2.24) is 10.2 Å². The molecule has 0 amide bonds. The zero-order valence-electron chi connectivity index (χ0n) is 13.4. The molecule has 2 fully saturated rings. The molecule has 1 N–H and O–H groups in total. The van der Waals surface area contributed by atoms with E-state index >= 15 is 0 Å². The second kappa shape index (κ2) is 7.08. The van der Waals surface area contributed by atoms with Crippen LogP contribution in [-0.2, 0) is 0 Å². The SMILES string of the molecule is CCCC1(CN(C)C2CCCCC2C)CCNCC1. The van der Waals surface area contributed by atoms with E-state index in [-0.39, 0.29) is 0 Å². The summed E-state index contributed by atoms with van der Waals surface area (Å²) in [6.45, 7) is 8.61. The molecule has 2 heteroatoms. The van der Waals surface area contributed by atoms with Gasteiger partial charge in [0.05, 0.1) is 0 Å². The second-order valence-corrected chi connectivity index (χ2v) is 7.24. The topological polar surface area (TPSA) is 15.3 Å². The van der Waals surface area contributed by atoms with E-state index < -0.39 is 0 Å². The molecule has 0 spiro atoms. The third kappa shape index (κ3) is 3.95. The molecule has 1 heterocycles. The smallest absolute Gasteiger partial charge is 0.0118 e. The Bertz CT molecular complexity index is 252. The highest BCUT2D eigenvalue weighted by molar-refractivity contribution is 4.89. The van der Waals surface area contributed by atoms with Gasteiger partial charge in [0.15, 0.2) is 0 Å². The first-order valence-electron chi connectivity index (χ1n) is 8.58. The van der Waals surface area contributed by atoms with Crippen molar-refractivity contribution >= 4 is 0 Å². The first kappa shape index (κ1) is 15.3. The van der Waals surface area contributed by atoms with Crippen LogP contribution < -0.4 is 5.32 Å². The van der Waals surface area contributed by atoms with E-state index in [1.54, 1.807) is 0 Å². The van der Waals surface area contributed by atoms with E-state index in [9.17, 15) is 0 Å². The lowest BCUT2D eigenvalue weighted by Crippen LogP contribution is -2.48. The molecule has 2 unspecified atom stereocenters. The van der Waals surface area contributed by atoms with Gasteiger partial charge >= 0.3 is 0 Å². The second-order valence-electron chi connectivity index (χ2n) is 7.24. The molecule has 1 saturated heterocycles. The minimum Gasteiger partial charge on any atom is -0.317 e. The molecule has 2 nitrogen and oxygen atoms in total. The van der Waals surface area contributed by atoms with Crippen molar-refractivity contribution < 1.29 is 0 Å². The first-order valence-corrected chi connectivity index (χ1v) is 8.58. The molecule has 0 aromatic carbocycles. The lowest BCUT2D eigenvalue weighted by Gasteiger charge is -2.45. The van der Waals surface area contributed by atoms with E-state index in [4.69, 9.17) is 0 Å². The number of piperidine rings is 1. The Morgan fingerprint density at radius 2 is 1.84 bits per heavy atom. The lowest BCUT2D eigenvalue weighted by molar-refractivity contribution is 0.0583. The highest BCUT2D eigenvalue weighted by Gasteiger charge is 2.35. The Morgan fingerprint density at radius 3 is 2.47 bits per heavy atom. The quantitative estimate of drug-likeness (QED) is 0.817. The van der Waals surface area contributed by atoms with Crippen molar-refractivity contribution in [1.29, 1.82) is 0 Å². The number of hydrogen-bond acceptors (Lipinski definition) is 2.